The highest BCUT2D eigenvalue weighted by Gasteiger charge is 2.02. The van der Waals surface area contributed by atoms with Gasteiger partial charge in [0, 0.05) is 0 Å². The van der Waals surface area contributed by atoms with Gasteiger partial charge in [-0.2, -0.15) is 0 Å². The molecule has 0 spiro atoms. The molecule has 0 saturated heterocycles. The van der Waals surface area contributed by atoms with Gasteiger partial charge in [0.1, 0.15) is 5.75 Å². The van der Waals surface area contributed by atoms with Crippen molar-refractivity contribution in [3.63, 3.8) is 0 Å². The summed E-state index contributed by atoms with van der Waals surface area (Å²) >= 11 is 0. The van der Waals surface area contributed by atoms with Crippen LogP contribution in [0.5, 0.6) is 17.2 Å². The first-order valence-electron chi connectivity index (χ1n) is 6.38. The van der Waals surface area contributed by atoms with Crippen molar-refractivity contribution >= 4 is 19.4 Å². The summed E-state index contributed by atoms with van der Waals surface area (Å²) in [6.45, 7) is 0. The SMILES string of the molecule is OP(O)Oc1ccc2ccccc2c1.Oc1ccccc1O. The van der Waals surface area contributed by atoms with E-state index < -0.39 is 8.60 Å². The van der Waals surface area contributed by atoms with Crippen LogP contribution in [0.3, 0.4) is 0 Å². The topological polar surface area (TPSA) is 90.2 Å². The fourth-order valence-electron chi connectivity index (χ4n) is 1.78. The van der Waals surface area contributed by atoms with E-state index in [1.54, 1.807) is 24.3 Å². The lowest BCUT2D eigenvalue weighted by molar-refractivity contribution is 0.375. The van der Waals surface area contributed by atoms with Crippen molar-refractivity contribution in [2.45, 2.75) is 0 Å². The highest BCUT2D eigenvalue weighted by atomic mass is 31.2. The van der Waals surface area contributed by atoms with E-state index in [0.29, 0.717) is 5.75 Å². The second-order valence-corrected chi connectivity index (χ2v) is 5.03. The molecule has 0 unspecified atom stereocenters. The van der Waals surface area contributed by atoms with E-state index in [2.05, 4.69) is 0 Å². The highest BCUT2D eigenvalue weighted by molar-refractivity contribution is 7.39. The summed E-state index contributed by atoms with van der Waals surface area (Å²) in [5.41, 5.74) is 0. The van der Waals surface area contributed by atoms with Crippen molar-refractivity contribution in [3.8, 4) is 17.2 Å². The van der Waals surface area contributed by atoms with Crippen LogP contribution in [0.2, 0.25) is 0 Å². The van der Waals surface area contributed by atoms with Gasteiger partial charge < -0.3 is 24.5 Å². The van der Waals surface area contributed by atoms with Gasteiger partial charge in [-0.1, -0.05) is 42.5 Å². The molecule has 0 aliphatic carbocycles. The molecule has 0 atom stereocenters. The maximum absolute atomic E-state index is 8.68. The summed E-state index contributed by atoms with van der Waals surface area (Å²) in [6.07, 6.45) is 0. The van der Waals surface area contributed by atoms with Gasteiger partial charge in [0.2, 0.25) is 0 Å². The number of para-hydroxylation sites is 2. The van der Waals surface area contributed by atoms with Crippen LogP contribution >= 0.6 is 8.60 Å². The molecule has 3 rings (SSSR count). The molecule has 0 amide bonds. The van der Waals surface area contributed by atoms with Crippen LogP contribution in [0.15, 0.2) is 66.7 Å². The molecule has 0 fully saturated rings. The second-order valence-electron chi connectivity index (χ2n) is 4.34. The predicted molar refractivity (Wildman–Crippen MR) is 85.7 cm³/mol. The molecule has 0 radical (unpaired) electrons. The van der Waals surface area contributed by atoms with Gasteiger partial charge in [-0.3, -0.25) is 0 Å². The van der Waals surface area contributed by atoms with Gasteiger partial charge in [-0.25, -0.2) is 0 Å². The minimum atomic E-state index is -2.33. The number of aromatic hydroxyl groups is 2. The third kappa shape index (κ3) is 4.60. The number of phenols is 2. The molecule has 0 bridgehead atoms. The molecule has 6 heteroatoms. The molecule has 0 aliphatic heterocycles. The zero-order valence-corrected chi connectivity index (χ0v) is 12.4. The minimum Gasteiger partial charge on any atom is -0.504 e. The van der Waals surface area contributed by atoms with Crippen LogP contribution in [0.25, 0.3) is 10.8 Å². The molecular weight excluding hydrogens is 303 g/mol. The molecule has 114 valence electrons. The van der Waals surface area contributed by atoms with Gasteiger partial charge in [-0.05, 0) is 35.0 Å². The first-order valence-corrected chi connectivity index (χ1v) is 7.54. The summed E-state index contributed by atoms with van der Waals surface area (Å²) in [7, 11) is -2.33. The summed E-state index contributed by atoms with van der Waals surface area (Å²) in [5.74, 6) is 0.319. The predicted octanol–water partition coefficient (Wildman–Crippen LogP) is 3.53. The monoisotopic (exact) mass is 318 g/mol. The van der Waals surface area contributed by atoms with Gasteiger partial charge in [-0.15, -0.1) is 0 Å². The maximum Gasteiger partial charge on any atom is 0.391 e. The summed E-state index contributed by atoms with van der Waals surface area (Å²) in [5, 5.41) is 19.5. The van der Waals surface area contributed by atoms with Crippen molar-refractivity contribution < 1.29 is 24.5 Å². The number of hydrogen-bond donors (Lipinski definition) is 4. The first kappa shape index (κ1) is 16.0. The molecule has 4 N–H and O–H groups in total. The molecule has 0 aliphatic rings. The van der Waals surface area contributed by atoms with Crippen molar-refractivity contribution in [2.24, 2.45) is 0 Å². The minimum absolute atomic E-state index is 0.0764. The first-order chi connectivity index (χ1) is 10.6. The zero-order valence-electron chi connectivity index (χ0n) is 11.5. The lowest BCUT2D eigenvalue weighted by atomic mass is 10.1. The lowest BCUT2D eigenvalue weighted by Crippen LogP contribution is -1.84. The quantitative estimate of drug-likeness (QED) is 0.429. The van der Waals surface area contributed by atoms with E-state index in [9.17, 15) is 0 Å². The Kier molecular flexibility index (Phi) is 5.55. The number of benzene rings is 3. The van der Waals surface area contributed by atoms with E-state index >= 15 is 0 Å². The van der Waals surface area contributed by atoms with Gasteiger partial charge in [0.05, 0.1) is 0 Å². The third-order valence-electron chi connectivity index (χ3n) is 2.79. The molecule has 0 heterocycles. The number of fused-ring (bicyclic) bond motifs is 1. The number of rotatable bonds is 2. The average molecular weight is 318 g/mol. The van der Waals surface area contributed by atoms with E-state index in [1.807, 2.05) is 30.3 Å². The number of hydrogen-bond acceptors (Lipinski definition) is 5. The van der Waals surface area contributed by atoms with Gasteiger partial charge in [0.15, 0.2) is 11.5 Å². The summed E-state index contributed by atoms with van der Waals surface area (Å²) in [4.78, 5) is 17.4. The normalized spacial score (nSPS) is 10.1. The van der Waals surface area contributed by atoms with E-state index in [4.69, 9.17) is 24.5 Å². The van der Waals surface area contributed by atoms with Gasteiger partial charge >= 0.3 is 8.60 Å². The van der Waals surface area contributed by atoms with Crippen molar-refractivity contribution in [3.05, 3.63) is 66.7 Å². The van der Waals surface area contributed by atoms with Crippen LogP contribution in [-0.2, 0) is 0 Å². The van der Waals surface area contributed by atoms with Crippen LogP contribution in [0.4, 0.5) is 0 Å². The van der Waals surface area contributed by atoms with Crippen LogP contribution in [0.1, 0.15) is 0 Å². The Balaban J connectivity index is 0.000000188. The summed E-state index contributed by atoms with van der Waals surface area (Å²) in [6, 6.07) is 19.3. The summed E-state index contributed by atoms with van der Waals surface area (Å²) < 4.78 is 4.80. The zero-order chi connectivity index (χ0) is 15.9. The maximum atomic E-state index is 8.68. The molecule has 3 aromatic carbocycles. The smallest absolute Gasteiger partial charge is 0.391 e. The van der Waals surface area contributed by atoms with E-state index in [0.717, 1.165) is 10.8 Å². The standard InChI is InChI=1S/C10H9O3P.C6H6O2/c11-14(12)13-10-6-5-8-3-1-2-4-9(8)7-10;7-5-3-1-2-4-6(5)8/h1-7,11-12H;1-4,7-8H. The average Bonchev–Trinajstić information content (AvgIpc) is 2.50. The van der Waals surface area contributed by atoms with Crippen molar-refractivity contribution in [2.75, 3.05) is 0 Å². The Hall–Kier alpha value is -2.33. The van der Waals surface area contributed by atoms with Crippen molar-refractivity contribution in [1.29, 1.82) is 0 Å². The molecule has 22 heavy (non-hydrogen) atoms. The molecular formula is C16H15O5P. The number of phenolic OH excluding ortho intramolecular Hbond substituents is 2. The largest absolute Gasteiger partial charge is 0.504 e. The van der Waals surface area contributed by atoms with Gasteiger partial charge in [0.25, 0.3) is 0 Å². The van der Waals surface area contributed by atoms with E-state index in [1.165, 1.54) is 12.1 Å². The van der Waals surface area contributed by atoms with Crippen LogP contribution < -0.4 is 4.52 Å². The Labute approximate surface area is 128 Å². The Morgan fingerprint density at radius 3 is 1.77 bits per heavy atom. The van der Waals surface area contributed by atoms with E-state index in [-0.39, 0.29) is 11.5 Å². The fourth-order valence-corrected chi connectivity index (χ4v) is 2.08. The third-order valence-corrected chi connectivity index (χ3v) is 3.16. The molecule has 3 aromatic rings. The lowest BCUT2D eigenvalue weighted by Gasteiger charge is -2.05. The second kappa shape index (κ2) is 7.61. The van der Waals surface area contributed by atoms with Crippen LogP contribution in [-0.4, -0.2) is 20.0 Å². The Morgan fingerprint density at radius 2 is 1.23 bits per heavy atom. The Morgan fingerprint density at radius 1 is 0.682 bits per heavy atom. The molecule has 0 saturated carbocycles. The molecule has 5 nitrogen and oxygen atoms in total. The van der Waals surface area contributed by atoms with Crippen LogP contribution in [0, 0.1) is 0 Å². The Bertz CT molecular complexity index is 724. The highest BCUT2D eigenvalue weighted by Crippen LogP contribution is 2.30. The van der Waals surface area contributed by atoms with Crippen molar-refractivity contribution in [1.82, 2.24) is 0 Å². The molecule has 0 aromatic heterocycles. The fraction of sp³-hybridized carbons (Fsp3) is 0.